The second kappa shape index (κ2) is 11.0. The van der Waals surface area contributed by atoms with Crippen molar-refractivity contribution in [2.24, 2.45) is 5.92 Å². The van der Waals surface area contributed by atoms with E-state index in [1.807, 2.05) is 24.3 Å². The SMILES string of the molecule is CCc1cccc(OCC(=O)c2ccc3c(c2)N(C(C)C(=O)NCCC(C)C)C(=O)CO3)c1. The summed E-state index contributed by atoms with van der Waals surface area (Å²) in [7, 11) is 0. The molecule has 1 atom stereocenters. The minimum atomic E-state index is -0.731. The number of carbonyl (C=O) groups excluding carboxylic acids is 3. The number of carbonyl (C=O) groups is 3. The van der Waals surface area contributed by atoms with Crippen molar-refractivity contribution in [3.63, 3.8) is 0 Å². The summed E-state index contributed by atoms with van der Waals surface area (Å²) in [5.74, 6) is 0.759. The molecule has 0 saturated carbocycles. The largest absolute Gasteiger partial charge is 0.485 e. The van der Waals surface area contributed by atoms with Crippen LogP contribution in [0.25, 0.3) is 0 Å². The first-order valence-electron chi connectivity index (χ1n) is 11.4. The Morgan fingerprint density at radius 1 is 1.15 bits per heavy atom. The van der Waals surface area contributed by atoms with Crippen molar-refractivity contribution in [2.45, 2.75) is 46.6 Å². The standard InChI is InChI=1S/C26H32N2O5/c1-5-19-7-6-8-21(13-19)32-15-23(29)20-9-10-24-22(14-20)28(25(30)16-33-24)18(4)26(31)27-12-11-17(2)3/h6-10,13-14,17-18H,5,11-12,15-16H2,1-4H3,(H,27,31). The van der Waals surface area contributed by atoms with E-state index in [1.165, 1.54) is 4.90 Å². The van der Waals surface area contributed by atoms with Gasteiger partial charge in [-0.15, -0.1) is 0 Å². The van der Waals surface area contributed by atoms with Crippen LogP contribution in [0, 0.1) is 5.92 Å². The molecule has 1 aliphatic heterocycles. The topological polar surface area (TPSA) is 84.9 Å². The van der Waals surface area contributed by atoms with Crippen molar-refractivity contribution in [1.82, 2.24) is 5.32 Å². The molecule has 1 N–H and O–H groups in total. The number of nitrogens with zero attached hydrogens (tertiary/aromatic N) is 1. The van der Waals surface area contributed by atoms with E-state index in [0.717, 1.165) is 18.4 Å². The molecule has 2 aromatic carbocycles. The van der Waals surface area contributed by atoms with E-state index < -0.39 is 6.04 Å². The lowest BCUT2D eigenvalue weighted by atomic mass is 10.1. The highest BCUT2D eigenvalue weighted by atomic mass is 16.5. The molecule has 176 valence electrons. The quantitative estimate of drug-likeness (QED) is 0.555. The zero-order chi connectivity index (χ0) is 24.0. The Kier molecular flexibility index (Phi) is 8.09. The summed E-state index contributed by atoms with van der Waals surface area (Å²) in [4.78, 5) is 39.5. The molecule has 2 aromatic rings. The van der Waals surface area contributed by atoms with Crippen LogP contribution in [-0.4, -0.2) is 43.4 Å². The minimum Gasteiger partial charge on any atom is -0.485 e. The highest BCUT2D eigenvalue weighted by Gasteiger charge is 2.33. The van der Waals surface area contributed by atoms with Crippen LogP contribution in [0.5, 0.6) is 11.5 Å². The fourth-order valence-corrected chi connectivity index (χ4v) is 3.61. The van der Waals surface area contributed by atoms with Gasteiger partial charge in [0.1, 0.15) is 17.5 Å². The van der Waals surface area contributed by atoms with Gasteiger partial charge in [0.25, 0.3) is 5.91 Å². The van der Waals surface area contributed by atoms with E-state index in [2.05, 4.69) is 26.1 Å². The van der Waals surface area contributed by atoms with Crippen molar-refractivity contribution in [1.29, 1.82) is 0 Å². The number of nitrogens with one attached hydrogen (secondary N) is 1. The van der Waals surface area contributed by atoms with Gasteiger partial charge in [-0.3, -0.25) is 19.3 Å². The van der Waals surface area contributed by atoms with E-state index in [0.29, 0.717) is 35.2 Å². The Morgan fingerprint density at radius 2 is 1.94 bits per heavy atom. The van der Waals surface area contributed by atoms with Gasteiger partial charge in [0.2, 0.25) is 5.91 Å². The highest BCUT2D eigenvalue weighted by molar-refractivity contribution is 6.05. The van der Waals surface area contributed by atoms with Crippen LogP contribution in [0.2, 0.25) is 0 Å². The number of ether oxygens (including phenoxy) is 2. The summed E-state index contributed by atoms with van der Waals surface area (Å²) in [5, 5.41) is 2.89. The number of benzene rings is 2. The van der Waals surface area contributed by atoms with Crippen LogP contribution < -0.4 is 19.7 Å². The van der Waals surface area contributed by atoms with Crippen molar-refractivity contribution < 1.29 is 23.9 Å². The molecule has 0 bridgehead atoms. The number of aryl methyl sites for hydroxylation is 1. The second-order valence-corrected chi connectivity index (χ2v) is 8.60. The molecule has 1 unspecified atom stereocenters. The summed E-state index contributed by atoms with van der Waals surface area (Å²) in [6.45, 7) is 8.16. The number of anilines is 1. The lowest BCUT2D eigenvalue weighted by Gasteiger charge is -2.33. The fourth-order valence-electron chi connectivity index (χ4n) is 3.61. The molecule has 7 nitrogen and oxygen atoms in total. The maximum Gasteiger partial charge on any atom is 0.265 e. The number of Topliss-reactive ketones (excluding diaryl/α,β-unsaturated/α-hetero) is 1. The van der Waals surface area contributed by atoms with Gasteiger partial charge in [-0.05, 0) is 61.6 Å². The molecule has 3 rings (SSSR count). The van der Waals surface area contributed by atoms with E-state index in [4.69, 9.17) is 9.47 Å². The van der Waals surface area contributed by atoms with Gasteiger partial charge in [0.05, 0.1) is 5.69 Å². The molecule has 0 fully saturated rings. The van der Waals surface area contributed by atoms with Crippen molar-refractivity contribution in [3.8, 4) is 11.5 Å². The van der Waals surface area contributed by atoms with E-state index >= 15 is 0 Å². The molecule has 0 aromatic heterocycles. The van der Waals surface area contributed by atoms with E-state index in [1.54, 1.807) is 25.1 Å². The van der Waals surface area contributed by atoms with Crippen LogP contribution >= 0.6 is 0 Å². The average molecular weight is 453 g/mol. The third-order valence-corrected chi connectivity index (χ3v) is 5.62. The lowest BCUT2D eigenvalue weighted by Crippen LogP contribution is -2.51. The molecule has 0 radical (unpaired) electrons. The molecule has 0 saturated heterocycles. The molecular formula is C26H32N2O5. The molecular weight excluding hydrogens is 420 g/mol. The number of amides is 2. The van der Waals surface area contributed by atoms with Gasteiger partial charge in [-0.1, -0.05) is 32.9 Å². The summed E-state index contributed by atoms with van der Waals surface area (Å²) >= 11 is 0. The highest BCUT2D eigenvalue weighted by Crippen LogP contribution is 2.34. The number of rotatable bonds is 10. The van der Waals surface area contributed by atoms with Crippen LogP contribution in [0.15, 0.2) is 42.5 Å². The third kappa shape index (κ3) is 6.12. The molecule has 1 heterocycles. The predicted molar refractivity (Wildman–Crippen MR) is 127 cm³/mol. The molecule has 0 spiro atoms. The Bertz CT molecular complexity index is 1020. The first kappa shape index (κ1) is 24.3. The number of ketones is 1. The Balaban J connectivity index is 1.74. The minimum absolute atomic E-state index is 0.133. The maximum atomic E-state index is 12.8. The summed E-state index contributed by atoms with van der Waals surface area (Å²) < 4.78 is 11.2. The molecule has 0 aliphatic carbocycles. The second-order valence-electron chi connectivity index (χ2n) is 8.60. The summed E-state index contributed by atoms with van der Waals surface area (Å²) in [6, 6.07) is 11.8. The lowest BCUT2D eigenvalue weighted by molar-refractivity contribution is -0.127. The van der Waals surface area contributed by atoms with Gasteiger partial charge in [-0.2, -0.15) is 0 Å². The van der Waals surface area contributed by atoms with Crippen LogP contribution in [0.4, 0.5) is 5.69 Å². The molecule has 7 heteroatoms. The summed E-state index contributed by atoms with van der Waals surface area (Å²) in [5.41, 5.74) is 1.92. The zero-order valence-electron chi connectivity index (χ0n) is 19.7. The number of hydrogen-bond donors (Lipinski definition) is 1. The fraction of sp³-hybridized carbons (Fsp3) is 0.423. The van der Waals surface area contributed by atoms with Crippen LogP contribution in [0.1, 0.15) is 50.0 Å². The smallest absolute Gasteiger partial charge is 0.265 e. The van der Waals surface area contributed by atoms with Crippen molar-refractivity contribution in [3.05, 3.63) is 53.6 Å². The molecule has 2 amide bonds. The number of fused-ring (bicyclic) bond motifs is 1. The Hall–Kier alpha value is -3.35. The van der Waals surface area contributed by atoms with Crippen molar-refractivity contribution in [2.75, 3.05) is 24.7 Å². The van der Waals surface area contributed by atoms with Crippen molar-refractivity contribution >= 4 is 23.3 Å². The van der Waals surface area contributed by atoms with Gasteiger partial charge >= 0.3 is 0 Å². The average Bonchev–Trinajstić information content (AvgIpc) is 2.81. The predicted octanol–water partition coefficient (Wildman–Crippen LogP) is 3.79. The first-order valence-corrected chi connectivity index (χ1v) is 11.4. The number of hydrogen-bond acceptors (Lipinski definition) is 5. The third-order valence-electron chi connectivity index (χ3n) is 5.62. The Labute approximate surface area is 195 Å². The van der Waals surface area contributed by atoms with Gasteiger partial charge in [0.15, 0.2) is 19.0 Å². The Morgan fingerprint density at radius 3 is 2.67 bits per heavy atom. The van der Waals surface area contributed by atoms with E-state index in [-0.39, 0.29) is 30.8 Å². The van der Waals surface area contributed by atoms with Gasteiger partial charge < -0.3 is 14.8 Å². The normalized spacial score (nSPS) is 13.8. The van der Waals surface area contributed by atoms with Crippen LogP contribution in [-0.2, 0) is 16.0 Å². The molecule has 1 aliphatic rings. The van der Waals surface area contributed by atoms with Crippen LogP contribution in [0.3, 0.4) is 0 Å². The van der Waals surface area contributed by atoms with Gasteiger partial charge in [0, 0.05) is 12.1 Å². The zero-order valence-corrected chi connectivity index (χ0v) is 19.7. The van der Waals surface area contributed by atoms with Gasteiger partial charge in [-0.25, -0.2) is 0 Å². The summed E-state index contributed by atoms with van der Waals surface area (Å²) in [6.07, 6.45) is 1.73. The monoisotopic (exact) mass is 452 g/mol. The maximum absolute atomic E-state index is 12.8. The van der Waals surface area contributed by atoms with E-state index in [9.17, 15) is 14.4 Å². The molecule has 33 heavy (non-hydrogen) atoms. The first-order chi connectivity index (χ1) is 15.8.